The van der Waals surface area contributed by atoms with E-state index in [9.17, 15) is 9.59 Å². The molecule has 140 valence electrons. The van der Waals surface area contributed by atoms with E-state index in [1.54, 1.807) is 41.3 Å². The molecule has 7 heteroatoms. The van der Waals surface area contributed by atoms with Crippen LogP contribution in [0.3, 0.4) is 0 Å². The van der Waals surface area contributed by atoms with Crippen molar-refractivity contribution in [2.24, 2.45) is 0 Å². The number of benzene rings is 2. The third kappa shape index (κ3) is 3.42. The molecule has 3 aromatic rings. The van der Waals surface area contributed by atoms with E-state index in [1.165, 1.54) is 7.11 Å². The summed E-state index contributed by atoms with van der Waals surface area (Å²) < 4.78 is 4.68. The van der Waals surface area contributed by atoms with E-state index >= 15 is 0 Å². The van der Waals surface area contributed by atoms with Gasteiger partial charge in [-0.15, -0.1) is 10.2 Å². The lowest BCUT2D eigenvalue weighted by molar-refractivity contribution is 0.0600. The zero-order valence-electron chi connectivity index (χ0n) is 15.3. The Bertz CT molecular complexity index is 1020. The summed E-state index contributed by atoms with van der Waals surface area (Å²) >= 11 is 0. The molecule has 0 aliphatic carbocycles. The van der Waals surface area contributed by atoms with E-state index in [1.807, 2.05) is 24.3 Å². The largest absolute Gasteiger partial charge is 0.465 e. The van der Waals surface area contributed by atoms with Crippen LogP contribution in [0.15, 0.2) is 60.7 Å². The topological polar surface area (TPSA) is 84.4 Å². The lowest BCUT2D eigenvalue weighted by atomic mass is 10.2. The number of para-hydroxylation sites is 1. The molecule has 7 nitrogen and oxygen atoms in total. The Hall–Kier alpha value is -3.74. The fourth-order valence-electron chi connectivity index (χ4n) is 3.16. The Kier molecular flexibility index (Phi) is 4.72. The van der Waals surface area contributed by atoms with Crippen LogP contribution in [0.25, 0.3) is 0 Å². The van der Waals surface area contributed by atoms with Gasteiger partial charge in [-0.05, 0) is 54.4 Å². The van der Waals surface area contributed by atoms with Crippen LogP contribution >= 0.6 is 0 Å². The molecular weight excluding hydrogens is 356 g/mol. The number of fused-ring (bicyclic) bond motifs is 1. The third-order valence-electron chi connectivity index (χ3n) is 4.59. The molecular formula is C21H18N4O3. The van der Waals surface area contributed by atoms with Crippen LogP contribution < -0.4 is 10.2 Å². The number of ether oxygens (including phenoxy) is 1. The first-order chi connectivity index (χ1) is 13.7. The second-order valence-corrected chi connectivity index (χ2v) is 6.33. The highest BCUT2D eigenvalue weighted by Crippen LogP contribution is 2.28. The van der Waals surface area contributed by atoms with E-state index in [-0.39, 0.29) is 5.91 Å². The number of carbonyl (C=O) groups excluding carboxylic acids is 2. The number of anilines is 3. The van der Waals surface area contributed by atoms with E-state index in [0.29, 0.717) is 23.6 Å². The summed E-state index contributed by atoms with van der Waals surface area (Å²) in [5, 5.41) is 11.3. The lowest BCUT2D eigenvalue weighted by Gasteiger charge is -2.16. The van der Waals surface area contributed by atoms with Gasteiger partial charge in [0.2, 0.25) is 0 Å². The van der Waals surface area contributed by atoms with Crippen LogP contribution in [0.4, 0.5) is 17.2 Å². The van der Waals surface area contributed by atoms with Gasteiger partial charge in [0.15, 0.2) is 11.5 Å². The second-order valence-electron chi connectivity index (χ2n) is 6.33. The molecule has 0 fully saturated rings. The zero-order valence-corrected chi connectivity index (χ0v) is 15.3. The Morgan fingerprint density at radius 2 is 1.79 bits per heavy atom. The summed E-state index contributed by atoms with van der Waals surface area (Å²) in [5.74, 6) is -0.0479. The SMILES string of the molecule is COC(=O)c1ccc(Nc2ccc(C(=O)N3CCc4ccccc43)nn2)cc1. The summed E-state index contributed by atoms with van der Waals surface area (Å²) in [7, 11) is 1.34. The molecule has 1 aliphatic heterocycles. The van der Waals surface area contributed by atoms with Gasteiger partial charge in [0, 0.05) is 17.9 Å². The highest BCUT2D eigenvalue weighted by molar-refractivity contribution is 6.06. The highest BCUT2D eigenvalue weighted by atomic mass is 16.5. The van der Waals surface area contributed by atoms with Gasteiger partial charge in [-0.1, -0.05) is 18.2 Å². The summed E-state index contributed by atoms with van der Waals surface area (Å²) in [6.07, 6.45) is 0.844. The standard InChI is InChI=1S/C21H18N4O3/c1-28-21(27)15-6-8-16(9-7-15)22-19-11-10-17(23-24-19)20(26)25-13-12-14-4-2-3-5-18(14)25/h2-11H,12-13H2,1H3,(H,22,24). The average Bonchev–Trinajstić information content (AvgIpc) is 3.18. The number of amides is 1. The molecule has 1 amide bonds. The average molecular weight is 374 g/mol. The van der Waals surface area contributed by atoms with E-state index in [0.717, 1.165) is 23.4 Å². The van der Waals surface area contributed by atoms with Crippen LogP contribution in [0, 0.1) is 0 Å². The summed E-state index contributed by atoms with van der Waals surface area (Å²) in [6, 6.07) is 18.0. The molecule has 2 heterocycles. The summed E-state index contributed by atoms with van der Waals surface area (Å²) in [4.78, 5) is 26.0. The van der Waals surface area contributed by atoms with Crippen molar-refractivity contribution in [1.82, 2.24) is 10.2 Å². The predicted molar refractivity (Wildman–Crippen MR) is 105 cm³/mol. The normalized spacial score (nSPS) is 12.4. The van der Waals surface area contributed by atoms with Gasteiger partial charge in [0.25, 0.3) is 5.91 Å². The first-order valence-corrected chi connectivity index (χ1v) is 8.84. The number of nitrogens with zero attached hydrogens (tertiary/aromatic N) is 3. The molecule has 4 rings (SSSR count). The Labute approximate surface area is 162 Å². The number of rotatable bonds is 4. The van der Waals surface area contributed by atoms with Crippen LogP contribution in [-0.4, -0.2) is 35.7 Å². The molecule has 1 aliphatic rings. The lowest BCUT2D eigenvalue weighted by Crippen LogP contribution is -2.29. The van der Waals surface area contributed by atoms with Crippen molar-refractivity contribution >= 4 is 29.1 Å². The van der Waals surface area contributed by atoms with Gasteiger partial charge >= 0.3 is 5.97 Å². The van der Waals surface area contributed by atoms with Crippen molar-refractivity contribution in [3.63, 3.8) is 0 Å². The fraction of sp³-hybridized carbons (Fsp3) is 0.143. The number of hydrogen-bond acceptors (Lipinski definition) is 6. The molecule has 0 unspecified atom stereocenters. The Morgan fingerprint density at radius 3 is 2.50 bits per heavy atom. The number of aromatic nitrogens is 2. The molecule has 28 heavy (non-hydrogen) atoms. The van der Waals surface area contributed by atoms with Crippen LogP contribution in [0.2, 0.25) is 0 Å². The number of carbonyl (C=O) groups is 2. The maximum atomic E-state index is 12.8. The van der Waals surface area contributed by atoms with Gasteiger partial charge in [0.05, 0.1) is 12.7 Å². The summed E-state index contributed by atoms with van der Waals surface area (Å²) in [5.41, 5.74) is 3.60. The van der Waals surface area contributed by atoms with Crippen LogP contribution in [-0.2, 0) is 11.2 Å². The quantitative estimate of drug-likeness (QED) is 0.706. The zero-order chi connectivity index (χ0) is 19.5. The van der Waals surface area contributed by atoms with Crippen LogP contribution in [0.5, 0.6) is 0 Å². The Balaban J connectivity index is 1.46. The predicted octanol–water partition coefficient (Wildman–Crippen LogP) is 3.21. The van der Waals surface area contributed by atoms with E-state index in [2.05, 4.69) is 20.3 Å². The maximum absolute atomic E-state index is 12.8. The first kappa shape index (κ1) is 17.7. The van der Waals surface area contributed by atoms with Crippen molar-refractivity contribution < 1.29 is 14.3 Å². The second kappa shape index (κ2) is 7.48. The van der Waals surface area contributed by atoms with Gasteiger partial charge in [-0.2, -0.15) is 0 Å². The highest BCUT2D eigenvalue weighted by Gasteiger charge is 2.26. The number of esters is 1. The van der Waals surface area contributed by atoms with Gasteiger partial charge < -0.3 is 15.0 Å². The molecule has 1 aromatic heterocycles. The van der Waals surface area contributed by atoms with Crippen molar-refractivity contribution in [3.8, 4) is 0 Å². The number of methoxy groups -OCH3 is 1. The molecule has 0 saturated heterocycles. The maximum Gasteiger partial charge on any atom is 0.337 e. The van der Waals surface area contributed by atoms with E-state index < -0.39 is 5.97 Å². The minimum absolute atomic E-state index is 0.161. The minimum atomic E-state index is -0.391. The van der Waals surface area contributed by atoms with Crippen molar-refractivity contribution in [2.45, 2.75) is 6.42 Å². The molecule has 0 saturated carbocycles. The Morgan fingerprint density at radius 1 is 1.00 bits per heavy atom. The third-order valence-corrected chi connectivity index (χ3v) is 4.59. The first-order valence-electron chi connectivity index (χ1n) is 8.84. The molecule has 0 radical (unpaired) electrons. The number of hydrogen-bond donors (Lipinski definition) is 1. The van der Waals surface area contributed by atoms with Crippen molar-refractivity contribution in [3.05, 3.63) is 77.5 Å². The molecule has 1 N–H and O–H groups in total. The van der Waals surface area contributed by atoms with Crippen LogP contribution in [0.1, 0.15) is 26.4 Å². The molecule has 2 aromatic carbocycles. The van der Waals surface area contributed by atoms with Crippen molar-refractivity contribution in [2.75, 3.05) is 23.9 Å². The minimum Gasteiger partial charge on any atom is -0.465 e. The van der Waals surface area contributed by atoms with Gasteiger partial charge in [0.1, 0.15) is 0 Å². The van der Waals surface area contributed by atoms with Gasteiger partial charge in [-0.25, -0.2) is 4.79 Å². The molecule has 0 atom stereocenters. The van der Waals surface area contributed by atoms with E-state index in [4.69, 9.17) is 0 Å². The smallest absolute Gasteiger partial charge is 0.337 e. The fourth-order valence-corrected chi connectivity index (χ4v) is 3.16. The van der Waals surface area contributed by atoms with Gasteiger partial charge in [-0.3, -0.25) is 4.79 Å². The van der Waals surface area contributed by atoms with Crippen molar-refractivity contribution in [1.29, 1.82) is 0 Å². The number of nitrogens with one attached hydrogen (secondary N) is 1. The summed E-state index contributed by atoms with van der Waals surface area (Å²) in [6.45, 7) is 0.645. The molecule has 0 bridgehead atoms. The molecule has 0 spiro atoms. The monoisotopic (exact) mass is 374 g/mol.